The van der Waals surface area contributed by atoms with Gasteiger partial charge in [-0.05, 0) is 38.2 Å². The lowest BCUT2D eigenvalue weighted by molar-refractivity contribution is 0.266. The molecule has 20 heavy (non-hydrogen) atoms. The maximum Gasteiger partial charge on any atom is 0.240 e. The average molecular weight is 298 g/mol. The summed E-state index contributed by atoms with van der Waals surface area (Å²) in [6, 6.07) is 5.26. The van der Waals surface area contributed by atoms with Crippen LogP contribution in [0.5, 0.6) is 0 Å². The van der Waals surface area contributed by atoms with E-state index in [2.05, 4.69) is 16.7 Å². The van der Waals surface area contributed by atoms with E-state index >= 15 is 0 Å². The van der Waals surface area contributed by atoms with Crippen LogP contribution in [-0.4, -0.2) is 46.5 Å². The van der Waals surface area contributed by atoms with Crippen LogP contribution in [0.15, 0.2) is 23.1 Å². The second-order valence-corrected chi connectivity index (χ2v) is 7.22. The highest BCUT2D eigenvalue weighted by Gasteiger charge is 2.33. The topological polar surface area (TPSA) is 92.7 Å². The van der Waals surface area contributed by atoms with Crippen molar-refractivity contribution < 1.29 is 8.42 Å². The molecule has 1 aromatic carbocycles. The molecule has 1 saturated heterocycles. The molecule has 1 aliphatic rings. The van der Waals surface area contributed by atoms with Crippen molar-refractivity contribution in [3.63, 3.8) is 0 Å². The summed E-state index contributed by atoms with van der Waals surface area (Å²) < 4.78 is 23.5. The maximum atomic E-state index is 11.7. The quantitative estimate of drug-likeness (QED) is 0.783. The van der Waals surface area contributed by atoms with Gasteiger partial charge < -0.3 is 15.5 Å². The fourth-order valence-corrected chi connectivity index (χ4v) is 3.63. The van der Waals surface area contributed by atoms with E-state index < -0.39 is 10.0 Å². The van der Waals surface area contributed by atoms with Gasteiger partial charge in [-0.1, -0.05) is 6.92 Å². The molecule has 0 aromatic heterocycles. The molecule has 2 atom stereocenters. The van der Waals surface area contributed by atoms with Crippen LogP contribution in [0.25, 0.3) is 0 Å². The highest BCUT2D eigenvalue weighted by atomic mass is 32.2. The SMILES string of the molecule is CC1CN(c2ccc(N)cc2S(N)(=O)=O)CC1N(C)C. The van der Waals surface area contributed by atoms with E-state index in [1.165, 1.54) is 6.07 Å². The fourth-order valence-electron chi connectivity index (χ4n) is 2.84. The number of sulfonamides is 1. The van der Waals surface area contributed by atoms with Crippen LogP contribution in [0.3, 0.4) is 0 Å². The minimum Gasteiger partial charge on any atom is -0.399 e. The molecule has 2 unspecified atom stereocenters. The van der Waals surface area contributed by atoms with Crippen LogP contribution in [0.4, 0.5) is 11.4 Å². The van der Waals surface area contributed by atoms with Gasteiger partial charge in [0.05, 0.1) is 5.69 Å². The van der Waals surface area contributed by atoms with Gasteiger partial charge in [-0.25, -0.2) is 13.6 Å². The van der Waals surface area contributed by atoms with Gasteiger partial charge in [-0.15, -0.1) is 0 Å². The van der Waals surface area contributed by atoms with Gasteiger partial charge in [0.25, 0.3) is 0 Å². The van der Waals surface area contributed by atoms with Crippen LogP contribution < -0.4 is 15.8 Å². The Morgan fingerprint density at radius 1 is 1.30 bits per heavy atom. The number of anilines is 2. The predicted octanol–water partition coefficient (Wildman–Crippen LogP) is 0.303. The largest absolute Gasteiger partial charge is 0.399 e. The lowest BCUT2D eigenvalue weighted by Crippen LogP contribution is -2.34. The summed E-state index contributed by atoms with van der Waals surface area (Å²) in [6.07, 6.45) is 0. The Labute approximate surface area is 120 Å². The highest BCUT2D eigenvalue weighted by Crippen LogP contribution is 2.32. The van der Waals surface area contributed by atoms with Crippen molar-refractivity contribution in [3.8, 4) is 0 Å². The first kappa shape index (κ1) is 15.1. The first-order valence-corrected chi connectivity index (χ1v) is 8.08. The zero-order valence-corrected chi connectivity index (χ0v) is 12.9. The molecule has 0 radical (unpaired) electrons. The molecule has 1 aromatic rings. The standard InChI is InChI=1S/C13H22N4O2S/c1-9-7-17(8-12(9)16(2)3)11-5-4-10(14)6-13(11)20(15,18)19/h4-6,9,12H,7-8,14H2,1-3H3,(H2,15,18,19). The van der Waals surface area contributed by atoms with Crippen LogP contribution in [-0.2, 0) is 10.0 Å². The minimum atomic E-state index is -3.78. The number of nitrogen functional groups attached to an aromatic ring is 1. The molecule has 0 spiro atoms. The van der Waals surface area contributed by atoms with E-state index in [0.717, 1.165) is 13.1 Å². The predicted molar refractivity (Wildman–Crippen MR) is 81.1 cm³/mol. The van der Waals surface area contributed by atoms with Gasteiger partial charge in [-0.2, -0.15) is 0 Å². The molecule has 0 bridgehead atoms. The number of hydrogen-bond acceptors (Lipinski definition) is 5. The van der Waals surface area contributed by atoms with E-state index in [0.29, 0.717) is 23.3 Å². The molecule has 1 heterocycles. The fraction of sp³-hybridized carbons (Fsp3) is 0.538. The van der Waals surface area contributed by atoms with Gasteiger partial charge in [0.15, 0.2) is 0 Å². The van der Waals surface area contributed by atoms with Crippen molar-refractivity contribution in [2.24, 2.45) is 11.1 Å². The smallest absolute Gasteiger partial charge is 0.240 e. The van der Waals surface area contributed by atoms with Crippen LogP contribution >= 0.6 is 0 Å². The van der Waals surface area contributed by atoms with Gasteiger partial charge in [0.1, 0.15) is 4.90 Å². The highest BCUT2D eigenvalue weighted by molar-refractivity contribution is 7.89. The molecule has 112 valence electrons. The molecule has 0 saturated carbocycles. The molecular formula is C13H22N4O2S. The van der Waals surface area contributed by atoms with Crippen LogP contribution in [0.1, 0.15) is 6.92 Å². The number of nitrogens with two attached hydrogens (primary N) is 2. The molecule has 0 amide bonds. The second-order valence-electron chi connectivity index (χ2n) is 5.69. The number of benzene rings is 1. The summed E-state index contributed by atoms with van der Waals surface area (Å²) >= 11 is 0. The molecule has 1 aliphatic heterocycles. The Morgan fingerprint density at radius 3 is 2.45 bits per heavy atom. The van der Waals surface area contributed by atoms with Crippen molar-refractivity contribution in [3.05, 3.63) is 18.2 Å². The third-order valence-corrected chi connectivity index (χ3v) is 4.81. The van der Waals surface area contributed by atoms with E-state index in [9.17, 15) is 8.42 Å². The molecule has 7 heteroatoms. The van der Waals surface area contributed by atoms with Crippen molar-refractivity contribution in [2.45, 2.75) is 17.9 Å². The zero-order chi connectivity index (χ0) is 15.1. The van der Waals surface area contributed by atoms with Crippen molar-refractivity contribution in [2.75, 3.05) is 37.8 Å². The van der Waals surface area contributed by atoms with Gasteiger partial charge in [0, 0.05) is 24.8 Å². The molecule has 6 nitrogen and oxygen atoms in total. The number of likely N-dealkylation sites (N-methyl/N-ethyl adjacent to an activating group) is 1. The van der Waals surface area contributed by atoms with Gasteiger partial charge >= 0.3 is 0 Å². The molecule has 2 rings (SSSR count). The molecule has 1 fully saturated rings. The minimum absolute atomic E-state index is 0.101. The monoisotopic (exact) mass is 298 g/mol. The maximum absolute atomic E-state index is 11.7. The first-order chi connectivity index (χ1) is 9.20. The Hall–Kier alpha value is -1.31. The summed E-state index contributed by atoms with van der Waals surface area (Å²) in [4.78, 5) is 4.33. The third-order valence-electron chi connectivity index (χ3n) is 3.87. The summed E-state index contributed by atoms with van der Waals surface area (Å²) in [6.45, 7) is 3.74. The third kappa shape index (κ3) is 2.89. The summed E-state index contributed by atoms with van der Waals surface area (Å²) in [5.41, 5.74) is 6.71. The number of hydrogen-bond donors (Lipinski definition) is 2. The van der Waals surface area contributed by atoms with Crippen molar-refractivity contribution in [1.82, 2.24) is 4.90 Å². The Kier molecular flexibility index (Phi) is 3.95. The van der Waals surface area contributed by atoms with Gasteiger partial charge in [-0.3, -0.25) is 0 Å². The lowest BCUT2D eigenvalue weighted by atomic mass is 10.1. The summed E-state index contributed by atoms with van der Waals surface area (Å²) in [7, 11) is 0.288. The molecular weight excluding hydrogens is 276 g/mol. The van der Waals surface area contributed by atoms with E-state index in [-0.39, 0.29) is 4.90 Å². The summed E-state index contributed by atoms with van der Waals surface area (Å²) in [5.74, 6) is 0.455. The number of rotatable bonds is 3. The van der Waals surface area contributed by atoms with E-state index in [1.54, 1.807) is 12.1 Å². The molecule has 4 N–H and O–H groups in total. The second kappa shape index (κ2) is 5.23. The van der Waals surface area contributed by atoms with Crippen molar-refractivity contribution in [1.29, 1.82) is 0 Å². The first-order valence-electron chi connectivity index (χ1n) is 6.54. The van der Waals surface area contributed by atoms with Crippen LogP contribution in [0.2, 0.25) is 0 Å². The van der Waals surface area contributed by atoms with Crippen LogP contribution in [0, 0.1) is 5.92 Å². The summed E-state index contributed by atoms with van der Waals surface area (Å²) in [5, 5.41) is 5.30. The number of primary sulfonamides is 1. The number of nitrogens with zero attached hydrogens (tertiary/aromatic N) is 2. The molecule has 0 aliphatic carbocycles. The van der Waals surface area contributed by atoms with Gasteiger partial charge in [0.2, 0.25) is 10.0 Å². The van der Waals surface area contributed by atoms with Crippen molar-refractivity contribution >= 4 is 21.4 Å². The Bertz CT molecular complexity index is 600. The normalized spacial score (nSPS) is 23.6. The Balaban J connectivity index is 2.40. The zero-order valence-electron chi connectivity index (χ0n) is 12.1. The van der Waals surface area contributed by atoms with E-state index in [1.807, 2.05) is 14.1 Å². The van der Waals surface area contributed by atoms with E-state index in [4.69, 9.17) is 10.9 Å². The Morgan fingerprint density at radius 2 is 1.95 bits per heavy atom. The average Bonchev–Trinajstić information content (AvgIpc) is 2.70. The lowest BCUT2D eigenvalue weighted by Gasteiger charge is -2.24.